The molecule has 0 radical (unpaired) electrons. The van der Waals surface area contributed by atoms with Gasteiger partial charge in [-0.25, -0.2) is 4.79 Å². The van der Waals surface area contributed by atoms with E-state index in [9.17, 15) is 9.59 Å². The van der Waals surface area contributed by atoms with Gasteiger partial charge in [0.1, 0.15) is 0 Å². The number of nitrogens with zero attached hydrogens (tertiary/aromatic N) is 1. The van der Waals surface area contributed by atoms with Crippen LogP contribution in [-0.2, 0) is 4.79 Å². The molecule has 0 aliphatic heterocycles. The van der Waals surface area contributed by atoms with Gasteiger partial charge in [-0.1, -0.05) is 28.1 Å². The molecular weight excluding hydrogens is 348 g/mol. The molecule has 1 aromatic heterocycles. The molecule has 0 saturated carbocycles. The molecule has 3 amide bonds. The van der Waals surface area contributed by atoms with Crippen LogP contribution >= 0.6 is 15.9 Å². The summed E-state index contributed by atoms with van der Waals surface area (Å²) in [5.41, 5.74) is 6.63. The number of hydrogen-bond donors (Lipinski definition) is 3. The highest BCUT2D eigenvalue weighted by atomic mass is 79.9. The van der Waals surface area contributed by atoms with E-state index in [0.717, 1.165) is 10.0 Å². The van der Waals surface area contributed by atoms with Crippen LogP contribution in [0.15, 0.2) is 53.3 Å². The first-order valence-corrected chi connectivity index (χ1v) is 7.35. The summed E-state index contributed by atoms with van der Waals surface area (Å²) in [7, 11) is 0. The molecule has 6 nitrogen and oxygen atoms in total. The maximum Gasteiger partial charge on any atom is 0.312 e. The summed E-state index contributed by atoms with van der Waals surface area (Å²) in [6.07, 6.45) is 3.24. The van der Waals surface area contributed by atoms with Crippen molar-refractivity contribution in [3.05, 3.63) is 58.8 Å². The Morgan fingerprint density at radius 2 is 1.95 bits per heavy atom. The monoisotopic (exact) mass is 362 g/mol. The van der Waals surface area contributed by atoms with Crippen LogP contribution in [0.4, 0.5) is 10.5 Å². The molecule has 2 aromatic rings. The second-order valence-electron chi connectivity index (χ2n) is 4.60. The highest BCUT2D eigenvalue weighted by molar-refractivity contribution is 9.10. The van der Waals surface area contributed by atoms with Crippen molar-refractivity contribution < 1.29 is 9.59 Å². The van der Waals surface area contributed by atoms with Crippen molar-refractivity contribution in [2.24, 2.45) is 5.73 Å². The number of carbonyl (C=O) groups excluding carboxylic acids is 2. The molecule has 7 heteroatoms. The lowest BCUT2D eigenvalue weighted by molar-refractivity contribution is -0.116. The van der Waals surface area contributed by atoms with Crippen LogP contribution in [0.2, 0.25) is 0 Å². The van der Waals surface area contributed by atoms with Crippen LogP contribution in [0.1, 0.15) is 18.0 Å². The smallest absolute Gasteiger partial charge is 0.312 e. The van der Waals surface area contributed by atoms with E-state index in [1.165, 1.54) is 0 Å². The molecule has 1 aromatic carbocycles. The Balaban J connectivity index is 2.09. The van der Waals surface area contributed by atoms with Crippen molar-refractivity contribution in [3.63, 3.8) is 0 Å². The Bertz CT molecular complexity index is 664. The van der Waals surface area contributed by atoms with E-state index < -0.39 is 12.1 Å². The van der Waals surface area contributed by atoms with E-state index in [0.29, 0.717) is 5.69 Å². The molecule has 0 spiro atoms. The van der Waals surface area contributed by atoms with Gasteiger partial charge in [0, 0.05) is 22.6 Å². The van der Waals surface area contributed by atoms with Crippen molar-refractivity contribution in [2.45, 2.75) is 12.5 Å². The quantitative estimate of drug-likeness (QED) is 0.762. The minimum absolute atomic E-state index is 0.0711. The van der Waals surface area contributed by atoms with E-state index in [-0.39, 0.29) is 12.3 Å². The SMILES string of the molecule is NC(=O)NC(CC(=O)Nc1ccncc1)c1cccc(Br)c1. The number of urea groups is 1. The van der Waals surface area contributed by atoms with E-state index >= 15 is 0 Å². The van der Waals surface area contributed by atoms with Gasteiger partial charge < -0.3 is 16.4 Å². The van der Waals surface area contributed by atoms with Crippen LogP contribution in [-0.4, -0.2) is 16.9 Å². The number of amides is 3. The molecule has 22 heavy (non-hydrogen) atoms. The van der Waals surface area contributed by atoms with Crippen molar-refractivity contribution in [3.8, 4) is 0 Å². The number of aromatic nitrogens is 1. The van der Waals surface area contributed by atoms with Gasteiger partial charge in [0.2, 0.25) is 5.91 Å². The van der Waals surface area contributed by atoms with E-state index in [2.05, 4.69) is 31.5 Å². The fraction of sp³-hybridized carbons (Fsp3) is 0.133. The Hall–Kier alpha value is -2.41. The highest BCUT2D eigenvalue weighted by Crippen LogP contribution is 2.21. The van der Waals surface area contributed by atoms with Crippen molar-refractivity contribution in [1.29, 1.82) is 0 Å². The number of rotatable bonds is 5. The number of halogens is 1. The fourth-order valence-electron chi connectivity index (χ4n) is 1.98. The van der Waals surface area contributed by atoms with Gasteiger partial charge >= 0.3 is 6.03 Å². The average molecular weight is 363 g/mol. The molecular formula is C15H15BrN4O2. The number of carbonyl (C=O) groups is 2. The summed E-state index contributed by atoms with van der Waals surface area (Å²) in [6.45, 7) is 0. The average Bonchev–Trinajstić information content (AvgIpc) is 2.47. The van der Waals surface area contributed by atoms with Gasteiger partial charge in [0.05, 0.1) is 12.5 Å². The molecule has 114 valence electrons. The van der Waals surface area contributed by atoms with Crippen LogP contribution < -0.4 is 16.4 Å². The Kier molecular flexibility index (Phi) is 5.48. The topological polar surface area (TPSA) is 97.1 Å². The maximum atomic E-state index is 12.1. The summed E-state index contributed by atoms with van der Waals surface area (Å²) < 4.78 is 0.857. The lowest BCUT2D eigenvalue weighted by atomic mass is 10.0. The summed E-state index contributed by atoms with van der Waals surface area (Å²) in [4.78, 5) is 27.2. The molecule has 4 N–H and O–H groups in total. The van der Waals surface area contributed by atoms with Crippen LogP contribution in [0, 0.1) is 0 Å². The van der Waals surface area contributed by atoms with E-state index in [4.69, 9.17) is 5.73 Å². The summed E-state index contributed by atoms with van der Waals surface area (Å²) >= 11 is 3.37. The number of hydrogen-bond acceptors (Lipinski definition) is 3. The zero-order valence-electron chi connectivity index (χ0n) is 11.6. The third-order valence-electron chi connectivity index (χ3n) is 2.92. The largest absolute Gasteiger partial charge is 0.352 e. The molecule has 1 heterocycles. The second-order valence-corrected chi connectivity index (χ2v) is 5.52. The first-order valence-electron chi connectivity index (χ1n) is 6.56. The van der Waals surface area contributed by atoms with Gasteiger partial charge in [-0.05, 0) is 29.8 Å². The van der Waals surface area contributed by atoms with Gasteiger partial charge in [0.15, 0.2) is 0 Å². The van der Waals surface area contributed by atoms with Crippen molar-refractivity contribution in [1.82, 2.24) is 10.3 Å². The van der Waals surface area contributed by atoms with Gasteiger partial charge in [-0.2, -0.15) is 0 Å². The minimum Gasteiger partial charge on any atom is -0.352 e. The summed E-state index contributed by atoms with van der Waals surface area (Å²) in [6, 6.07) is 9.54. The molecule has 0 aliphatic carbocycles. The van der Waals surface area contributed by atoms with Crippen molar-refractivity contribution in [2.75, 3.05) is 5.32 Å². The van der Waals surface area contributed by atoms with Crippen molar-refractivity contribution >= 4 is 33.6 Å². The molecule has 0 bridgehead atoms. The Labute approximate surface area is 136 Å². The number of primary amides is 1. The number of anilines is 1. The maximum absolute atomic E-state index is 12.1. The van der Waals surface area contributed by atoms with Gasteiger partial charge in [-0.3, -0.25) is 9.78 Å². The lowest BCUT2D eigenvalue weighted by Gasteiger charge is -2.18. The standard InChI is InChI=1S/C15H15BrN4O2/c16-11-3-1-2-10(8-11)13(20-15(17)22)9-14(21)19-12-4-6-18-7-5-12/h1-8,13H,9H2,(H3,17,20,22)(H,18,19,21). The Morgan fingerprint density at radius 1 is 1.23 bits per heavy atom. The van der Waals surface area contributed by atoms with Crippen LogP contribution in [0.3, 0.4) is 0 Å². The van der Waals surface area contributed by atoms with E-state index in [1.807, 2.05) is 24.3 Å². The predicted molar refractivity (Wildman–Crippen MR) is 87.1 cm³/mol. The second kappa shape index (κ2) is 7.56. The number of nitrogens with one attached hydrogen (secondary N) is 2. The van der Waals surface area contributed by atoms with Gasteiger partial charge in [0.25, 0.3) is 0 Å². The normalized spacial score (nSPS) is 11.5. The molecule has 0 fully saturated rings. The molecule has 2 rings (SSSR count). The highest BCUT2D eigenvalue weighted by Gasteiger charge is 2.17. The third-order valence-corrected chi connectivity index (χ3v) is 3.41. The zero-order valence-corrected chi connectivity index (χ0v) is 13.2. The summed E-state index contributed by atoms with van der Waals surface area (Å²) in [5, 5.41) is 5.33. The number of nitrogens with two attached hydrogens (primary N) is 1. The molecule has 1 unspecified atom stereocenters. The third kappa shape index (κ3) is 4.85. The lowest BCUT2D eigenvalue weighted by Crippen LogP contribution is -2.35. The Morgan fingerprint density at radius 3 is 2.59 bits per heavy atom. The number of pyridine rings is 1. The van der Waals surface area contributed by atoms with Gasteiger partial charge in [-0.15, -0.1) is 0 Å². The molecule has 0 saturated heterocycles. The summed E-state index contributed by atoms with van der Waals surface area (Å²) in [5.74, 6) is -0.232. The van der Waals surface area contributed by atoms with E-state index in [1.54, 1.807) is 24.5 Å². The zero-order chi connectivity index (χ0) is 15.9. The molecule has 0 aliphatic rings. The molecule has 1 atom stereocenters. The fourth-order valence-corrected chi connectivity index (χ4v) is 2.40. The predicted octanol–water partition coefficient (Wildman–Crippen LogP) is 2.58. The first kappa shape index (κ1) is 16.0. The first-order chi connectivity index (χ1) is 10.5. The van der Waals surface area contributed by atoms with Crippen LogP contribution in [0.25, 0.3) is 0 Å². The minimum atomic E-state index is -0.679. The number of benzene rings is 1. The van der Waals surface area contributed by atoms with Crippen LogP contribution in [0.5, 0.6) is 0 Å².